The van der Waals surface area contributed by atoms with Gasteiger partial charge in [0.1, 0.15) is 18.1 Å². The van der Waals surface area contributed by atoms with E-state index >= 15 is 0 Å². The minimum absolute atomic E-state index is 0.281. The van der Waals surface area contributed by atoms with Gasteiger partial charge in [-0.3, -0.25) is 4.79 Å². The standard InChI is InChI=1S/C14H17N3O4/c1-19-10-14-13(9-18)15-16-17(14)7-8-21-12-5-3-11(20-2)4-6-12/h3-6,9H,7-8,10H2,1-2H3. The van der Waals surface area contributed by atoms with E-state index in [2.05, 4.69) is 10.3 Å². The lowest BCUT2D eigenvalue weighted by Crippen LogP contribution is -2.13. The van der Waals surface area contributed by atoms with Crippen LogP contribution in [0.1, 0.15) is 16.2 Å². The minimum Gasteiger partial charge on any atom is -0.497 e. The number of ether oxygens (including phenoxy) is 3. The fraction of sp³-hybridized carbons (Fsp3) is 0.357. The molecular weight excluding hydrogens is 274 g/mol. The summed E-state index contributed by atoms with van der Waals surface area (Å²) in [6.07, 6.45) is 0.669. The van der Waals surface area contributed by atoms with Gasteiger partial charge in [0.2, 0.25) is 0 Å². The minimum atomic E-state index is 0.281. The monoisotopic (exact) mass is 291 g/mol. The van der Waals surface area contributed by atoms with Gasteiger partial charge in [-0.2, -0.15) is 0 Å². The second kappa shape index (κ2) is 7.39. The molecule has 0 N–H and O–H groups in total. The zero-order valence-corrected chi connectivity index (χ0v) is 12.0. The number of hydrogen-bond donors (Lipinski definition) is 0. The molecular formula is C14H17N3O4. The molecule has 0 bridgehead atoms. The maximum Gasteiger partial charge on any atom is 0.172 e. The number of aldehydes is 1. The Morgan fingerprint density at radius 3 is 2.52 bits per heavy atom. The Morgan fingerprint density at radius 2 is 1.90 bits per heavy atom. The largest absolute Gasteiger partial charge is 0.497 e. The molecule has 1 heterocycles. The second-order valence-corrected chi connectivity index (χ2v) is 4.22. The lowest BCUT2D eigenvalue weighted by Gasteiger charge is -2.09. The molecule has 2 aromatic rings. The SMILES string of the molecule is COCc1c(C=O)nnn1CCOc1ccc(OC)cc1. The number of carbonyl (C=O) groups excluding carboxylic acids is 1. The van der Waals surface area contributed by atoms with E-state index in [-0.39, 0.29) is 6.61 Å². The van der Waals surface area contributed by atoms with E-state index in [9.17, 15) is 4.79 Å². The number of aromatic nitrogens is 3. The van der Waals surface area contributed by atoms with E-state index in [1.807, 2.05) is 24.3 Å². The summed E-state index contributed by atoms with van der Waals surface area (Å²) in [5.41, 5.74) is 0.937. The van der Waals surface area contributed by atoms with Crippen molar-refractivity contribution < 1.29 is 19.0 Å². The number of hydrogen-bond acceptors (Lipinski definition) is 6. The van der Waals surface area contributed by atoms with Crippen molar-refractivity contribution in [2.75, 3.05) is 20.8 Å². The summed E-state index contributed by atoms with van der Waals surface area (Å²) < 4.78 is 17.3. The summed E-state index contributed by atoms with van der Waals surface area (Å²) in [5.74, 6) is 1.51. The van der Waals surface area contributed by atoms with Crippen LogP contribution in [-0.4, -0.2) is 42.1 Å². The first-order valence-corrected chi connectivity index (χ1v) is 6.41. The van der Waals surface area contributed by atoms with Crippen LogP contribution in [0.3, 0.4) is 0 Å². The fourth-order valence-electron chi connectivity index (χ4n) is 1.82. The molecule has 0 saturated carbocycles. The van der Waals surface area contributed by atoms with Gasteiger partial charge in [0.15, 0.2) is 12.0 Å². The molecule has 21 heavy (non-hydrogen) atoms. The fourth-order valence-corrected chi connectivity index (χ4v) is 1.82. The first kappa shape index (κ1) is 15.0. The van der Waals surface area contributed by atoms with Crippen molar-refractivity contribution in [3.05, 3.63) is 35.7 Å². The third-order valence-corrected chi connectivity index (χ3v) is 2.89. The maximum absolute atomic E-state index is 10.9. The Labute approximate surface area is 122 Å². The van der Waals surface area contributed by atoms with Crippen molar-refractivity contribution in [3.63, 3.8) is 0 Å². The smallest absolute Gasteiger partial charge is 0.172 e. The molecule has 0 radical (unpaired) electrons. The molecule has 2 rings (SSSR count). The molecule has 0 atom stereocenters. The van der Waals surface area contributed by atoms with E-state index < -0.39 is 0 Å². The highest BCUT2D eigenvalue weighted by Crippen LogP contribution is 2.17. The summed E-state index contributed by atoms with van der Waals surface area (Å²) in [7, 11) is 3.17. The normalized spacial score (nSPS) is 10.4. The molecule has 0 aliphatic rings. The molecule has 0 aliphatic heterocycles. The Kier molecular flexibility index (Phi) is 5.28. The summed E-state index contributed by atoms with van der Waals surface area (Å²) in [6, 6.07) is 7.30. The lowest BCUT2D eigenvalue weighted by atomic mass is 10.3. The number of methoxy groups -OCH3 is 2. The molecule has 0 saturated heterocycles. The van der Waals surface area contributed by atoms with Crippen molar-refractivity contribution in [2.24, 2.45) is 0 Å². The predicted octanol–water partition coefficient (Wildman–Crippen LogP) is 1.32. The Bertz CT molecular complexity index is 580. The molecule has 112 valence electrons. The van der Waals surface area contributed by atoms with E-state index in [0.717, 1.165) is 11.5 Å². The van der Waals surface area contributed by atoms with Crippen LogP contribution in [0.15, 0.2) is 24.3 Å². The summed E-state index contributed by atoms with van der Waals surface area (Å²) in [5, 5.41) is 7.71. The summed E-state index contributed by atoms with van der Waals surface area (Å²) in [4.78, 5) is 10.9. The van der Waals surface area contributed by atoms with Crippen molar-refractivity contribution in [2.45, 2.75) is 13.2 Å². The topological polar surface area (TPSA) is 75.5 Å². The highest BCUT2D eigenvalue weighted by atomic mass is 16.5. The van der Waals surface area contributed by atoms with Crippen LogP contribution in [-0.2, 0) is 17.9 Å². The van der Waals surface area contributed by atoms with Gasteiger partial charge in [-0.1, -0.05) is 5.21 Å². The highest BCUT2D eigenvalue weighted by molar-refractivity contribution is 5.73. The molecule has 1 aromatic heterocycles. The Balaban J connectivity index is 1.93. The van der Waals surface area contributed by atoms with Crippen LogP contribution < -0.4 is 9.47 Å². The van der Waals surface area contributed by atoms with E-state index in [1.54, 1.807) is 18.9 Å². The predicted molar refractivity (Wildman–Crippen MR) is 74.6 cm³/mol. The van der Waals surface area contributed by atoms with Gasteiger partial charge in [0.25, 0.3) is 0 Å². The van der Waals surface area contributed by atoms with Crippen molar-refractivity contribution in [1.29, 1.82) is 0 Å². The lowest BCUT2D eigenvalue weighted by molar-refractivity contribution is 0.111. The molecule has 0 spiro atoms. The second-order valence-electron chi connectivity index (χ2n) is 4.22. The van der Waals surface area contributed by atoms with Gasteiger partial charge in [-0.15, -0.1) is 5.10 Å². The van der Waals surface area contributed by atoms with Crippen LogP contribution >= 0.6 is 0 Å². The van der Waals surface area contributed by atoms with Gasteiger partial charge in [0.05, 0.1) is 26.0 Å². The average Bonchev–Trinajstić information content (AvgIpc) is 2.91. The van der Waals surface area contributed by atoms with Gasteiger partial charge < -0.3 is 14.2 Å². The van der Waals surface area contributed by atoms with Crippen molar-refractivity contribution in [1.82, 2.24) is 15.0 Å². The zero-order valence-electron chi connectivity index (χ0n) is 12.0. The molecule has 7 nitrogen and oxygen atoms in total. The first-order valence-electron chi connectivity index (χ1n) is 6.41. The quantitative estimate of drug-likeness (QED) is 0.683. The van der Waals surface area contributed by atoms with Gasteiger partial charge in [-0.05, 0) is 24.3 Å². The van der Waals surface area contributed by atoms with Gasteiger partial charge >= 0.3 is 0 Å². The third kappa shape index (κ3) is 3.79. The molecule has 0 aliphatic carbocycles. The molecule has 0 amide bonds. The third-order valence-electron chi connectivity index (χ3n) is 2.89. The van der Waals surface area contributed by atoms with Crippen LogP contribution in [0.4, 0.5) is 0 Å². The molecule has 7 heteroatoms. The molecule has 1 aromatic carbocycles. The first-order chi connectivity index (χ1) is 10.3. The van der Waals surface area contributed by atoms with E-state index in [0.29, 0.717) is 30.8 Å². The summed E-state index contributed by atoms with van der Waals surface area (Å²) >= 11 is 0. The van der Waals surface area contributed by atoms with E-state index in [4.69, 9.17) is 14.2 Å². The number of benzene rings is 1. The Morgan fingerprint density at radius 1 is 1.19 bits per heavy atom. The average molecular weight is 291 g/mol. The Hall–Kier alpha value is -2.41. The number of carbonyl (C=O) groups is 1. The molecule has 0 fully saturated rings. The zero-order chi connectivity index (χ0) is 15.1. The van der Waals surface area contributed by atoms with Crippen LogP contribution in [0, 0.1) is 0 Å². The number of rotatable bonds is 8. The maximum atomic E-state index is 10.9. The number of nitrogens with zero attached hydrogens (tertiary/aromatic N) is 3. The highest BCUT2D eigenvalue weighted by Gasteiger charge is 2.11. The van der Waals surface area contributed by atoms with Crippen molar-refractivity contribution >= 4 is 6.29 Å². The van der Waals surface area contributed by atoms with Crippen molar-refractivity contribution in [3.8, 4) is 11.5 Å². The van der Waals surface area contributed by atoms with Gasteiger partial charge in [-0.25, -0.2) is 4.68 Å². The van der Waals surface area contributed by atoms with Crippen LogP contribution in [0.25, 0.3) is 0 Å². The molecule has 0 unspecified atom stereocenters. The van der Waals surface area contributed by atoms with Gasteiger partial charge in [0, 0.05) is 7.11 Å². The van der Waals surface area contributed by atoms with Crippen LogP contribution in [0.5, 0.6) is 11.5 Å². The van der Waals surface area contributed by atoms with E-state index in [1.165, 1.54) is 0 Å². The summed E-state index contributed by atoms with van der Waals surface area (Å²) in [6.45, 7) is 1.17. The van der Waals surface area contributed by atoms with Crippen LogP contribution in [0.2, 0.25) is 0 Å².